The number of amides is 1. The molecular weight excluding hydrogens is 266 g/mol. The number of nitrogens with one attached hydrogen (secondary N) is 1. The lowest BCUT2D eigenvalue weighted by Gasteiger charge is -2.36. The van der Waals surface area contributed by atoms with Crippen molar-refractivity contribution in [3.63, 3.8) is 0 Å². The second-order valence-electron chi connectivity index (χ2n) is 7.61. The molecule has 2 N–H and O–H groups in total. The van der Waals surface area contributed by atoms with Crippen molar-refractivity contribution in [1.82, 2.24) is 5.32 Å². The highest BCUT2D eigenvalue weighted by atomic mass is 16.4. The largest absolute Gasteiger partial charge is 0.481 e. The quantitative estimate of drug-likeness (QED) is 0.787. The van der Waals surface area contributed by atoms with Crippen molar-refractivity contribution in [2.75, 3.05) is 0 Å². The van der Waals surface area contributed by atoms with Crippen molar-refractivity contribution >= 4 is 11.9 Å². The monoisotopic (exact) mass is 297 g/mol. The minimum Gasteiger partial charge on any atom is -0.481 e. The lowest BCUT2D eigenvalue weighted by Crippen LogP contribution is -2.39. The number of hydrogen-bond donors (Lipinski definition) is 2. The summed E-state index contributed by atoms with van der Waals surface area (Å²) in [5.74, 6) is 0.249. The van der Waals surface area contributed by atoms with Crippen LogP contribution in [0.15, 0.2) is 0 Å². The van der Waals surface area contributed by atoms with E-state index < -0.39 is 5.97 Å². The van der Waals surface area contributed by atoms with Crippen LogP contribution in [-0.2, 0) is 9.59 Å². The van der Waals surface area contributed by atoms with Crippen molar-refractivity contribution < 1.29 is 14.7 Å². The molecule has 0 aliphatic heterocycles. The van der Waals surface area contributed by atoms with E-state index in [1.165, 1.54) is 0 Å². The van der Waals surface area contributed by atoms with Crippen LogP contribution in [0.2, 0.25) is 0 Å². The zero-order valence-electron chi connectivity index (χ0n) is 13.9. The van der Waals surface area contributed by atoms with Crippen molar-refractivity contribution in [3.05, 3.63) is 0 Å². The standard InChI is InChI=1S/C17H31NO3/c1-12(6-5-7-15(19)20)18-16(21)13-8-10-14(11-9-13)17(2,3)4/h12-14H,5-11H2,1-4H3,(H,18,21)(H,19,20). The number of carbonyl (C=O) groups is 2. The summed E-state index contributed by atoms with van der Waals surface area (Å²) in [5, 5.41) is 11.7. The van der Waals surface area contributed by atoms with Crippen LogP contribution in [-0.4, -0.2) is 23.0 Å². The van der Waals surface area contributed by atoms with E-state index in [1.807, 2.05) is 6.92 Å². The molecule has 1 atom stereocenters. The molecule has 1 fully saturated rings. The van der Waals surface area contributed by atoms with Gasteiger partial charge in [0.25, 0.3) is 0 Å². The van der Waals surface area contributed by atoms with Gasteiger partial charge in [-0.15, -0.1) is 0 Å². The first-order valence-corrected chi connectivity index (χ1v) is 8.22. The fourth-order valence-electron chi connectivity index (χ4n) is 3.21. The molecule has 0 heterocycles. The van der Waals surface area contributed by atoms with Gasteiger partial charge in [-0.1, -0.05) is 20.8 Å². The normalized spacial score (nSPS) is 24.4. The average Bonchev–Trinajstić information content (AvgIpc) is 2.37. The summed E-state index contributed by atoms with van der Waals surface area (Å²) in [4.78, 5) is 22.7. The van der Waals surface area contributed by atoms with Crippen LogP contribution < -0.4 is 5.32 Å². The van der Waals surface area contributed by atoms with Crippen LogP contribution in [0.25, 0.3) is 0 Å². The Morgan fingerprint density at radius 3 is 2.24 bits per heavy atom. The molecule has 0 spiro atoms. The second-order valence-corrected chi connectivity index (χ2v) is 7.61. The fourth-order valence-corrected chi connectivity index (χ4v) is 3.21. The lowest BCUT2D eigenvalue weighted by molar-refractivity contribution is -0.137. The predicted octanol–water partition coefficient (Wildman–Crippen LogP) is 3.60. The van der Waals surface area contributed by atoms with Crippen LogP contribution in [0.3, 0.4) is 0 Å². The third kappa shape index (κ3) is 6.49. The topological polar surface area (TPSA) is 66.4 Å². The molecule has 4 heteroatoms. The predicted molar refractivity (Wildman–Crippen MR) is 84.0 cm³/mol. The van der Waals surface area contributed by atoms with E-state index in [9.17, 15) is 9.59 Å². The molecule has 1 unspecified atom stereocenters. The van der Waals surface area contributed by atoms with Crippen LogP contribution in [0.1, 0.15) is 72.6 Å². The number of carboxylic acid groups (broad SMARTS) is 1. The van der Waals surface area contributed by atoms with Gasteiger partial charge in [0.2, 0.25) is 5.91 Å². The Morgan fingerprint density at radius 2 is 1.76 bits per heavy atom. The maximum atomic E-state index is 12.2. The van der Waals surface area contributed by atoms with Crippen molar-refractivity contribution in [3.8, 4) is 0 Å². The summed E-state index contributed by atoms with van der Waals surface area (Å²) < 4.78 is 0. The summed E-state index contributed by atoms with van der Waals surface area (Å²) in [6.07, 6.45) is 5.76. The Labute approximate surface area is 128 Å². The summed E-state index contributed by atoms with van der Waals surface area (Å²) in [6, 6.07) is 0.0668. The van der Waals surface area contributed by atoms with E-state index >= 15 is 0 Å². The van der Waals surface area contributed by atoms with Gasteiger partial charge in [0.1, 0.15) is 0 Å². The Bertz CT molecular complexity index is 352. The van der Waals surface area contributed by atoms with Crippen molar-refractivity contribution in [2.24, 2.45) is 17.3 Å². The first kappa shape index (κ1) is 18.0. The third-order valence-electron chi connectivity index (χ3n) is 4.74. The van der Waals surface area contributed by atoms with Gasteiger partial charge in [-0.05, 0) is 56.8 Å². The van der Waals surface area contributed by atoms with Gasteiger partial charge >= 0.3 is 5.97 Å². The van der Waals surface area contributed by atoms with E-state index in [4.69, 9.17) is 5.11 Å². The molecule has 1 rings (SSSR count). The SMILES string of the molecule is CC(CCCC(=O)O)NC(=O)C1CCC(C(C)(C)C)CC1. The van der Waals surface area contributed by atoms with Gasteiger partial charge < -0.3 is 10.4 Å². The number of hydrogen-bond acceptors (Lipinski definition) is 2. The van der Waals surface area contributed by atoms with E-state index in [0.29, 0.717) is 11.8 Å². The molecular formula is C17H31NO3. The van der Waals surface area contributed by atoms with Gasteiger partial charge in [0.05, 0.1) is 0 Å². The molecule has 0 aromatic heterocycles. The van der Waals surface area contributed by atoms with Gasteiger partial charge in [-0.25, -0.2) is 0 Å². The van der Waals surface area contributed by atoms with Crippen LogP contribution in [0.5, 0.6) is 0 Å². The molecule has 122 valence electrons. The minimum absolute atomic E-state index is 0.0668. The zero-order valence-corrected chi connectivity index (χ0v) is 13.9. The van der Waals surface area contributed by atoms with Crippen LogP contribution in [0.4, 0.5) is 0 Å². The number of carbonyl (C=O) groups excluding carboxylic acids is 1. The Balaban J connectivity index is 2.29. The highest BCUT2D eigenvalue weighted by Crippen LogP contribution is 2.39. The van der Waals surface area contributed by atoms with Crippen LogP contribution >= 0.6 is 0 Å². The lowest BCUT2D eigenvalue weighted by atomic mass is 9.69. The van der Waals surface area contributed by atoms with Crippen molar-refractivity contribution in [2.45, 2.75) is 78.7 Å². The number of aliphatic carboxylic acids is 1. The highest BCUT2D eigenvalue weighted by Gasteiger charge is 2.32. The first-order chi connectivity index (χ1) is 9.70. The summed E-state index contributed by atoms with van der Waals surface area (Å²) in [7, 11) is 0. The molecule has 0 saturated heterocycles. The molecule has 0 radical (unpaired) electrons. The van der Waals surface area contributed by atoms with Crippen LogP contribution in [0, 0.1) is 17.3 Å². The molecule has 0 aromatic carbocycles. The van der Waals surface area contributed by atoms with E-state index in [2.05, 4.69) is 26.1 Å². The summed E-state index contributed by atoms with van der Waals surface area (Å²) in [5.41, 5.74) is 0.339. The molecule has 0 bridgehead atoms. The molecule has 4 nitrogen and oxygen atoms in total. The minimum atomic E-state index is -0.769. The maximum absolute atomic E-state index is 12.2. The second kappa shape index (κ2) is 7.81. The fraction of sp³-hybridized carbons (Fsp3) is 0.882. The first-order valence-electron chi connectivity index (χ1n) is 8.22. The van der Waals surface area contributed by atoms with Gasteiger partial charge in [0.15, 0.2) is 0 Å². The van der Waals surface area contributed by atoms with E-state index in [1.54, 1.807) is 0 Å². The summed E-state index contributed by atoms with van der Waals surface area (Å²) in [6.45, 7) is 8.80. The molecule has 0 aromatic rings. The van der Waals surface area contributed by atoms with Gasteiger partial charge in [-0.3, -0.25) is 9.59 Å². The summed E-state index contributed by atoms with van der Waals surface area (Å²) >= 11 is 0. The average molecular weight is 297 g/mol. The van der Waals surface area contributed by atoms with E-state index in [0.717, 1.165) is 38.0 Å². The molecule has 1 aliphatic carbocycles. The number of rotatable bonds is 6. The Kier molecular flexibility index (Phi) is 6.69. The van der Waals surface area contributed by atoms with Gasteiger partial charge in [0, 0.05) is 18.4 Å². The molecule has 1 saturated carbocycles. The van der Waals surface area contributed by atoms with Crippen molar-refractivity contribution in [1.29, 1.82) is 0 Å². The molecule has 1 amide bonds. The smallest absolute Gasteiger partial charge is 0.303 e. The molecule has 1 aliphatic rings. The third-order valence-corrected chi connectivity index (χ3v) is 4.74. The number of carboxylic acids is 1. The van der Waals surface area contributed by atoms with Gasteiger partial charge in [-0.2, -0.15) is 0 Å². The highest BCUT2D eigenvalue weighted by molar-refractivity contribution is 5.79. The Morgan fingerprint density at radius 1 is 1.19 bits per heavy atom. The maximum Gasteiger partial charge on any atom is 0.303 e. The Hall–Kier alpha value is -1.06. The molecule has 21 heavy (non-hydrogen) atoms. The van der Waals surface area contributed by atoms with E-state index in [-0.39, 0.29) is 24.3 Å². The zero-order chi connectivity index (χ0) is 16.0.